The number of thiazole rings is 1. The Kier molecular flexibility index (Phi) is 1.95. The molecule has 0 saturated carbocycles. The fourth-order valence-electron chi connectivity index (χ4n) is 0.506. The number of rotatable bonds is 1. The average Bonchev–Trinajstić information content (AvgIpc) is 2.37. The van der Waals surface area contributed by atoms with Crippen molar-refractivity contribution >= 4 is 17.0 Å². The molecule has 0 aliphatic carbocycles. The Balaban J connectivity index is 2.90. The predicted octanol–water partition coefficient (Wildman–Crippen LogP) is 1.58. The van der Waals surface area contributed by atoms with E-state index in [-0.39, 0.29) is 0 Å². The van der Waals surface area contributed by atoms with Gasteiger partial charge in [0.2, 0.25) is 0 Å². The van der Waals surface area contributed by atoms with Crippen LogP contribution in [0.3, 0.4) is 0 Å². The van der Waals surface area contributed by atoms with E-state index >= 15 is 0 Å². The van der Waals surface area contributed by atoms with E-state index in [0.29, 0.717) is 0 Å². The van der Waals surface area contributed by atoms with Gasteiger partial charge in [-0.15, -0.1) is 11.3 Å². The van der Waals surface area contributed by atoms with Crippen LogP contribution in [0.4, 0.5) is 0 Å². The highest BCUT2D eigenvalue weighted by molar-refractivity contribution is 7.07. The molecule has 1 aromatic heterocycles. The molecule has 0 aromatic carbocycles. The summed E-state index contributed by atoms with van der Waals surface area (Å²) in [6, 6.07) is 0. The minimum atomic E-state index is 0.988. The molecule has 1 rings (SSSR count). The van der Waals surface area contributed by atoms with Gasteiger partial charge < -0.3 is 0 Å². The lowest BCUT2D eigenvalue weighted by Gasteiger charge is -1.87. The Hall–Kier alpha value is -0.700. The van der Waals surface area contributed by atoms with E-state index in [0.717, 1.165) is 11.4 Å². The average molecular weight is 140 g/mol. The van der Waals surface area contributed by atoms with Gasteiger partial charge >= 0.3 is 0 Å². The Labute approximate surface area is 58.3 Å². The Morgan fingerprint density at radius 1 is 1.78 bits per heavy atom. The van der Waals surface area contributed by atoms with Gasteiger partial charge in [-0.05, 0) is 6.92 Å². The van der Waals surface area contributed by atoms with Gasteiger partial charge in [0.25, 0.3) is 0 Å². The largest absolute Gasteiger partial charge is 0.291 e. The molecule has 3 heteroatoms. The van der Waals surface area contributed by atoms with Crippen molar-refractivity contribution in [2.45, 2.75) is 6.92 Å². The van der Waals surface area contributed by atoms with Crippen LogP contribution < -0.4 is 0 Å². The van der Waals surface area contributed by atoms with Crippen LogP contribution in [0.15, 0.2) is 15.9 Å². The van der Waals surface area contributed by atoms with Crippen molar-refractivity contribution in [2.75, 3.05) is 7.05 Å². The molecule has 1 aromatic rings. The molecule has 0 amide bonds. The third-order valence-electron chi connectivity index (χ3n) is 1.14. The fraction of sp³-hybridized carbons (Fsp3) is 0.333. The molecule has 9 heavy (non-hydrogen) atoms. The molecule has 0 unspecified atom stereocenters. The van der Waals surface area contributed by atoms with Gasteiger partial charge in [-0.25, -0.2) is 4.98 Å². The Morgan fingerprint density at radius 3 is 3.00 bits per heavy atom. The molecular weight excluding hydrogens is 132 g/mol. The SMILES string of the molecule is CN=C(C)c1cscn1. The smallest absolute Gasteiger partial charge is 0.0945 e. The number of hydrogen-bond donors (Lipinski definition) is 0. The number of hydrogen-bond acceptors (Lipinski definition) is 3. The topological polar surface area (TPSA) is 25.2 Å². The zero-order valence-electron chi connectivity index (χ0n) is 5.46. The van der Waals surface area contributed by atoms with Gasteiger partial charge in [0.15, 0.2) is 0 Å². The molecule has 0 bridgehead atoms. The van der Waals surface area contributed by atoms with Crippen molar-refractivity contribution in [2.24, 2.45) is 4.99 Å². The molecule has 0 N–H and O–H groups in total. The zero-order chi connectivity index (χ0) is 6.69. The second-order valence-electron chi connectivity index (χ2n) is 1.68. The van der Waals surface area contributed by atoms with Gasteiger partial charge in [0.1, 0.15) is 0 Å². The third kappa shape index (κ3) is 1.36. The van der Waals surface area contributed by atoms with E-state index in [1.165, 1.54) is 0 Å². The molecular formula is C6H8N2S. The third-order valence-corrected chi connectivity index (χ3v) is 1.72. The summed E-state index contributed by atoms with van der Waals surface area (Å²) in [7, 11) is 1.77. The first kappa shape index (κ1) is 6.42. The minimum absolute atomic E-state index is 0.988. The highest BCUT2D eigenvalue weighted by Crippen LogP contribution is 2.01. The van der Waals surface area contributed by atoms with Crippen LogP contribution >= 0.6 is 11.3 Å². The molecule has 0 saturated heterocycles. The first-order chi connectivity index (χ1) is 4.34. The van der Waals surface area contributed by atoms with Gasteiger partial charge in [-0.1, -0.05) is 0 Å². The van der Waals surface area contributed by atoms with E-state index in [9.17, 15) is 0 Å². The predicted molar refractivity (Wildman–Crippen MR) is 40.2 cm³/mol. The molecule has 2 nitrogen and oxygen atoms in total. The monoisotopic (exact) mass is 140 g/mol. The Morgan fingerprint density at radius 2 is 2.56 bits per heavy atom. The van der Waals surface area contributed by atoms with Crippen LogP contribution in [-0.2, 0) is 0 Å². The van der Waals surface area contributed by atoms with Crippen molar-refractivity contribution in [1.82, 2.24) is 4.98 Å². The standard InChI is InChI=1S/C6H8N2S/c1-5(7-2)6-3-9-4-8-6/h3-4H,1-2H3. The fourth-order valence-corrected chi connectivity index (χ4v) is 1.10. The molecule has 0 fully saturated rings. The minimum Gasteiger partial charge on any atom is -0.291 e. The van der Waals surface area contributed by atoms with E-state index in [1.807, 2.05) is 17.8 Å². The van der Waals surface area contributed by atoms with Crippen molar-refractivity contribution < 1.29 is 0 Å². The molecule has 0 aliphatic rings. The first-order valence-corrected chi connectivity index (χ1v) is 3.61. The maximum atomic E-state index is 4.07. The zero-order valence-corrected chi connectivity index (χ0v) is 6.27. The summed E-state index contributed by atoms with van der Waals surface area (Å²) < 4.78 is 0. The normalized spacial score (nSPS) is 12.0. The van der Waals surface area contributed by atoms with E-state index in [4.69, 9.17) is 0 Å². The molecule has 0 spiro atoms. The second-order valence-corrected chi connectivity index (χ2v) is 2.40. The second kappa shape index (κ2) is 2.73. The number of aromatic nitrogens is 1. The number of aliphatic imine (C=N–C) groups is 1. The van der Waals surface area contributed by atoms with E-state index in [2.05, 4.69) is 9.98 Å². The molecule has 48 valence electrons. The van der Waals surface area contributed by atoms with Crippen molar-refractivity contribution in [3.8, 4) is 0 Å². The highest BCUT2D eigenvalue weighted by Gasteiger charge is 1.94. The Bertz CT molecular complexity index is 201. The van der Waals surface area contributed by atoms with Crippen molar-refractivity contribution in [1.29, 1.82) is 0 Å². The molecule has 0 atom stereocenters. The summed E-state index contributed by atoms with van der Waals surface area (Å²) in [4.78, 5) is 8.07. The maximum Gasteiger partial charge on any atom is 0.0945 e. The lowest BCUT2D eigenvalue weighted by atomic mass is 10.3. The van der Waals surface area contributed by atoms with Crippen LogP contribution in [-0.4, -0.2) is 17.7 Å². The van der Waals surface area contributed by atoms with E-state index < -0.39 is 0 Å². The molecule has 1 heterocycles. The maximum absolute atomic E-state index is 4.07. The van der Waals surface area contributed by atoms with Crippen LogP contribution in [0.2, 0.25) is 0 Å². The van der Waals surface area contributed by atoms with Crippen molar-refractivity contribution in [3.05, 3.63) is 16.6 Å². The van der Waals surface area contributed by atoms with Gasteiger partial charge in [-0.3, -0.25) is 4.99 Å². The summed E-state index contributed by atoms with van der Waals surface area (Å²) in [5, 5.41) is 1.99. The molecule has 0 aliphatic heterocycles. The van der Waals surface area contributed by atoms with Crippen LogP contribution in [0, 0.1) is 0 Å². The van der Waals surface area contributed by atoms with Crippen LogP contribution in [0.1, 0.15) is 12.6 Å². The first-order valence-electron chi connectivity index (χ1n) is 2.66. The highest BCUT2D eigenvalue weighted by atomic mass is 32.1. The quantitative estimate of drug-likeness (QED) is 0.544. The van der Waals surface area contributed by atoms with E-state index in [1.54, 1.807) is 18.4 Å². The summed E-state index contributed by atoms with van der Waals surface area (Å²) >= 11 is 1.59. The van der Waals surface area contributed by atoms with Gasteiger partial charge in [-0.2, -0.15) is 0 Å². The summed E-state index contributed by atoms with van der Waals surface area (Å²) in [5.41, 5.74) is 3.79. The van der Waals surface area contributed by atoms with Gasteiger partial charge in [0.05, 0.1) is 16.9 Å². The lowest BCUT2D eigenvalue weighted by molar-refractivity contribution is 1.33. The molecule has 0 radical (unpaired) electrons. The summed E-state index contributed by atoms with van der Waals surface area (Å²) in [6.45, 7) is 1.95. The summed E-state index contributed by atoms with van der Waals surface area (Å²) in [6.07, 6.45) is 0. The van der Waals surface area contributed by atoms with Crippen LogP contribution in [0.25, 0.3) is 0 Å². The van der Waals surface area contributed by atoms with Crippen molar-refractivity contribution in [3.63, 3.8) is 0 Å². The number of nitrogens with zero attached hydrogens (tertiary/aromatic N) is 2. The lowest BCUT2D eigenvalue weighted by Crippen LogP contribution is -1.92. The van der Waals surface area contributed by atoms with Gasteiger partial charge in [0, 0.05) is 12.4 Å². The van der Waals surface area contributed by atoms with Crippen LogP contribution in [0.5, 0.6) is 0 Å². The summed E-state index contributed by atoms with van der Waals surface area (Å²) in [5.74, 6) is 0.